The highest BCUT2D eigenvalue weighted by molar-refractivity contribution is 7.99. The Hall–Kier alpha value is -3.19. The number of carbonyl (C=O) groups excluding carboxylic acids is 1. The number of hydrogen-bond acceptors (Lipinski definition) is 7. The Morgan fingerprint density at radius 2 is 2.03 bits per heavy atom. The van der Waals surface area contributed by atoms with Crippen molar-refractivity contribution < 1.29 is 4.79 Å². The SMILES string of the molecule is N#Cc1c(NC(=O)CSc2nnc(-c3ccncc3)n2-c2cccc(Cl)c2)sc2c1CCCC2. The van der Waals surface area contributed by atoms with Gasteiger partial charge in [0.25, 0.3) is 0 Å². The third-order valence-electron chi connectivity index (χ3n) is 5.51. The molecule has 0 saturated carbocycles. The second-order valence-corrected chi connectivity index (χ2v) is 10.2. The molecular formula is C24H19ClN6OS2. The number of benzene rings is 1. The van der Waals surface area contributed by atoms with Gasteiger partial charge in [0, 0.05) is 27.9 Å². The van der Waals surface area contributed by atoms with Crippen molar-refractivity contribution in [3.63, 3.8) is 0 Å². The number of nitrogens with zero attached hydrogens (tertiary/aromatic N) is 5. The quantitative estimate of drug-likeness (QED) is 0.345. The largest absolute Gasteiger partial charge is 0.316 e. The molecule has 0 bridgehead atoms. The number of nitrogens with one attached hydrogen (secondary N) is 1. The van der Waals surface area contributed by atoms with Crippen LogP contribution in [0.1, 0.15) is 28.8 Å². The maximum Gasteiger partial charge on any atom is 0.235 e. The number of thioether (sulfide) groups is 1. The summed E-state index contributed by atoms with van der Waals surface area (Å²) in [5.74, 6) is 0.569. The number of thiophene rings is 1. The molecule has 10 heteroatoms. The van der Waals surface area contributed by atoms with Crippen molar-refractivity contribution >= 4 is 45.6 Å². The maximum atomic E-state index is 12.8. The molecule has 0 radical (unpaired) electrons. The summed E-state index contributed by atoms with van der Waals surface area (Å²) in [4.78, 5) is 18.1. The summed E-state index contributed by atoms with van der Waals surface area (Å²) in [6, 6.07) is 13.4. The van der Waals surface area contributed by atoms with E-state index in [4.69, 9.17) is 11.6 Å². The summed E-state index contributed by atoms with van der Waals surface area (Å²) in [7, 11) is 0. The molecule has 1 N–H and O–H groups in total. The van der Waals surface area contributed by atoms with Gasteiger partial charge < -0.3 is 5.32 Å². The second-order valence-electron chi connectivity index (χ2n) is 7.72. The molecule has 34 heavy (non-hydrogen) atoms. The topological polar surface area (TPSA) is 96.5 Å². The lowest BCUT2D eigenvalue weighted by atomic mass is 9.96. The molecule has 4 aromatic rings. The molecule has 0 spiro atoms. The molecule has 0 fully saturated rings. The van der Waals surface area contributed by atoms with E-state index in [9.17, 15) is 10.1 Å². The number of amides is 1. The third-order valence-corrected chi connectivity index (χ3v) is 7.88. The highest BCUT2D eigenvalue weighted by atomic mass is 35.5. The number of aromatic nitrogens is 4. The van der Waals surface area contributed by atoms with Crippen molar-refractivity contribution in [3.05, 3.63) is 69.8 Å². The minimum Gasteiger partial charge on any atom is -0.316 e. The van der Waals surface area contributed by atoms with Crippen LogP contribution in [-0.2, 0) is 17.6 Å². The Kier molecular flexibility index (Phi) is 6.63. The smallest absolute Gasteiger partial charge is 0.235 e. The summed E-state index contributed by atoms with van der Waals surface area (Å²) >= 11 is 9.04. The van der Waals surface area contributed by atoms with Crippen LogP contribution in [0.2, 0.25) is 5.02 Å². The molecule has 0 unspecified atom stereocenters. The Labute approximate surface area is 209 Å². The number of halogens is 1. The number of carbonyl (C=O) groups is 1. The maximum absolute atomic E-state index is 12.8. The summed E-state index contributed by atoms with van der Waals surface area (Å²) in [6.45, 7) is 0. The fourth-order valence-corrected chi connectivity index (χ4v) is 6.16. The van der Waals surface area contributed by atoms with Crippen molar-refractivity contribution in [1.82, 2.24) is 19.7 Å². The molecule has 7 nitrogen and oxygen atoms in total. The van der Waals surface area contributed by atoms with Gasteiger partial charge in [-0.25, -0.2) is 0 Å². The lowest BCUT2D eigenvalue weighted by Gasteiger charge is -2.11. The average molecular weight is 507 g/mol. The standard InChI is InChI=1S/C24H19ClN6OS2/c25-16-4-3-5-17(12-16)31-22(15-8-10-27-11-9-15)29-30-24(31)33-14-21(32)28-23-19(13-26)18-6-1-2-7-20(18)34-23/h3-5,8-12H,1-2,6-7,14H2,(H,28,32). The first-order valence-corrected chi connectivity index (χ1v) is 12.9. The van der Waals surface area contributed by atoms with Crippen molar-refractivity contribution in [2.24, 2.45) is 0 Å². The van der Waals surface area contributed by atoms with Gasteiger partial charge in [-0.3, -0.25) is 14.3 Å². The van der Waals surface area contributed by atoms with Gasteiger partial charge in [0.05, 0.1) is 17.0 Å². The van der Waals surface area contributed by atoms with E-state index in [1.165, 1.54) is 28.0 Å². The minimum atomic E-state index is -0.189. The van der Waals surface area contributed by atoms with Crippen LogP contribution in [0.15, 0.2) is 53.9 Å². The van der Waals surface area contributed by atoms with E-state index in [1.807, 2.05) is 34.9 Å². The summed E-state index contributed by atoms with van der Waals surface area (Å²) < 4.78 is 1.88. The monoisotopic (exact) mass is 506 g/mol. The molecule has 5 rings (SSSR count). The van der Waals surface area contributed by atoms with Crippen LogP contribution in [0.5, 0.6) is 0 Å². The van der Waals surface area contributed by atoms with Gasteiger partial charge in [-0.05, 0) is 61.6 Å². The predicted octanol–water partition coefficient (Wildman–Crippen LogP) is 5.53. The van der Waals surface area contributed by atoms with E-state index in [2.05, 4.69) is 26.6 Å². The number of anilines is 1. The number of pyridine rings is 1. The summed E-state index contributed by atoms with van der Waals surface area (Å²) in [6.07, 6.45) is 7.47. The molecule has 3 aromatic heterocycles. The molecule has 3 heterocycles. The highest BCUT2D eigenvalue weighted by Crippen LogP contribution is 2.38. The molecule has 0 atom stereocenters. The van der Waals surface area contributed by atoms with Crippen LogP contribution in [0.4, 0.5) is 5.00 Å². The van der Waals surface area contributed by atoms with E-state index in [0.29, 0.717) is 26.6 Å². The van der Waals surface area contributed by atoms with Gasteiger partial charge in [-0.1, -0.05) is 29.4 Å². The van der Waals surface area contributed by atoms with E-state index in [-0.39, 0.29) is 11.7 Å². The lowest BCUT2D eigenvalue weighted by Crippen LogP contribution is -2.14. The normalized spacial score (nSPS) is 12.7. The molecule has 0 saturated heterocycles. The zero-order valence-corrected chi connectivity index (χ0v) is 20.4. The van der Waals surface area contributed by atoms with Gasteiger partial charge >= 0.3 is 0 Å². The second kappa shape index (κ2) is 9.97. The van der Waals surface area contributed by atoms with E-state index in [0.717, 1.165) is 42.5 Å². The lowest BCUT2D eigenvalue weighted by molar-refractivity contribution is -0.113. The van der Waals surface area contributed by atoms with Crippen molar-refractivity contribution in [3.8, 4) is 23.1 Å². The van der Waals surface area contributed by atoms with Gasteiger partial charge in [0.15, 0.2) is 11.0 Å². The Balaban J connectivity index is 1.39. The molecule has 170 valence electrons. The minimum absolute atomic E-state index is 0.127. The summed E-state index contributed by atoms with van der Waals surface area (Å²) in [5.41, 5.74) is 3.36. The Bertz CT molecular complexity index is 1390. The van der Waals surface area contributed by atoms with E-state index >= 15 is 0 Å². The fourth-order valence-electron chi connectivity index (χ4n) is 3.96. The first-order valence-electron chi connectivity index (χ1n) is 10.7. The van der Waals surface area contributed by atoms with Gasteiger partial charge in [0.1, 0.15) is 11.1 Å². The summed E-state index contributed by atoms with van der Waals surface area (Å²) in [5, 5.41) is 23.1. The number of rotatable bonds is 6. The van der Waals surface area contributed by atoms with Crippen LogP contribution < -0.4 is 5.32 Å². The number of fused-ring (bicyclic) bond motifs is 1. The number of aryl methyl sites for hydroxylation is 1. The van der Waals surface area contributed by atoms with Crippen molar-refractivity contribution in [1.29, 1.82) is 5.26 Å². The number of nitriles is 1. The van der Waals surface area contributed by atoms with Gasteiger partial charge in [-0.2, -0.15) is 5.26 Å². The van der Waals surface area contributed by atoms with Crippen LogP contribution in [0, 0.1) is 11.3 Å². The zero-order valence-electron chi connectivity index (χ0n) is 18.0. The van der Waals surface area contributed by atoms with Crippen LogP contribution in [-0.4, -0.2) is 31.4 Å². The molecule has 1 aliphatic rings. The average Bonchev–Trinajstić information content (AvgIpc) is 3.44. The van der Waals surface area contributed by atoms with E-state index < -0.39 is 0 Å². The van der Waals surface area contributed by atoms with Crippen LogP contribution in [0.25, 0.3) is 17.1 Å². The molecule has 1 amide bonds. The predicted molar refractivity (Wildman–Crippen MR) is 135 cm³/mol. The Morgan fingerprint density at radius 1 is 1.21 bits per heavy atom. The molecule has 1 aliphatic carbocycles. The zero-order chi connectivity index (χ0) is 23.5. The molecule has 0 aliphatic heterocycles. The first kappa shape index (κ1) is 22.6. The van der Waals surface area contributed by atoms with Gasteiger partial charge in [-0.15, -0.1) is 21.5 Å². The molecule has 1 aromatic carbocycles. The number of hydrogen-bond donors (Lipinski definition) is 1. The fraction of sp³-hybridized carbons (Fsp3) is 0.208. The van der Waals surface area contributed by atoms with Crippen LogP contribution >= 0.6 is 34.7 Å². The van der Waals surface area contributed by atoms with Crippen molar-refractivity contribution in [2.75, 3.05) is 11.1 Å². The third kappa shape index (κ3) is 4.57. The highest BCUT2D eigenvalue weighted by Gasteiger charge is 2.22. The van der Waals surface area contributed by atoms with Crippen molar-refractivity contribution in [2.45, 2.75) is 30.8 Å². The molecular weight excluding hydrogens is 488 g/mol. The van der Waals surface area contributed by atoms with E-state index in [1.54, 1.807) is 18.5 Å². The Morgan fingerprint density at radius 3 is 2.82 bits per heavy atom. The van der Waals surface area contributed by atoms with Gasteiger partial charge in [0.2, 0.25) is 5.91 Å². The van der Waals surface area contributed by atoms with Crippen LogP contribution in [0.3, 0.4) is 0 Å². The first-order chi connectivity index (χ1) is 16.6.